The number of pyridine rings is 1. The van der Waals surface area contributed by atoms with Gasteiger partial charge in [-0.1, -0.05) is 37.6 Å². The molecule has 23 heavy (non-hydrogen) atoms. The molecule has 1 N–H and O–H groups in total. The number of nitrogens with one attached hydrogen (secondary N) is 1. The first-order valence-electron chi connectivity index (χ1n) is 8.36. The van der Waals surface area contributed by atoms with Crippen molar-refractivity contribution in [2.75, 3.05) is 19.7 Å². The maximum Gasteiger partial charge on any atom is 0.168 e. The van der Waals surface area contributed by atoms with Crippen molar-refractivity contribution in [1.29, 1.82) is 0 Å². The Balaban J connectivity index is 1.86. The van der Waals surface area contributed by atoms with Crippen LogP contribution in [0.4, 0.5) is 0 Å². The van der Waals surface area contributed by atoms with Crippen molar-refractivity contribution in [2.24, 2.45) is 0 Å². The molecule has 0 spiro atoms. The lowest BCUT2D eigenvalue weighted by atomic mass is 10.1. The first-order valence-corrected chi connectivity index (χ1v) is 8.36. The van der Waals surface area contributed by atoms with Gasteiger partial charge < -0.3 is 14.8 Å². The summed E-state index contributed by atoms with van der Waals surface area (Å²) in [4.78, 5) is 4.49. The minimum atomic E-state index is -0.206. The molecule has 2 heterocycles. The van der Waals surface area contributed by atoms with Gasteiger partial charge in [0.05, 0.1) is 12.3 Å². The van der Waals surface area contributed by atoms with Crippen molar-refractivity contribution in [1.82, 2.24) is 10.3 Å². The summed E-state index contributed by atoms with van der Waals surface area (Å²) < 4.78 is 12.3. The van der Waals surface area contributed by atoms with Crippen LogP contribution >= 0.6 is 0 Å². The smallest absolute Gasteiger partial charge is 0.168 e. The first-order chi connectivity index (χ1) is 11.4. The molecule has 1 fully saturated rings. The minimum absolute atomic E-state index is 0.0340. The number of aryl methyl sites for hydroxylation is 1. The zero-order chi connectivity index (χ0) is 15.9. The predicted octanol–water partition coefficient (Wildman–Crippen LogP) is 3.14. The van der Waals surface area contributed by atoms with Gasteiger partial charge in [0.25, 0.3) is 0 Å². The van der Waals surface area contributed by atoms with Crippen LogP contribution in [0.5, 0.6) is 5.75 Å². The fourth-order valence-corrected chi connectivity index (χ4v) is 2.88. The van der Waals surface area contributed by atoms with Crippen LogP contribution in [0.3, 0.4) is 0 Å². The van der Waals surface area contributed by atoms with E-state index < -0.39 is 0 Å². The molecule has 0 aliphatic carbocycles. The molecule has 4 nitrogen and oxygen atoms in total. The Bertz CT molecular complexity index is 597. The van der Waals surface area contributed by atoms with Gasteiger partial charge in [0.1, 0.15) is 11.9 Å². The third kappa shape index (κ3) is 4.09. The number of aromatic nitrogens is 1. The molecule has 122 valence electrons. The molecule has 3 rings (SSSR count). The lowest BCUT2D eigenvalue weighted by Crippen LogP contribution is -2.43. The van der Waals surface area contributed by atoms with E-state index in [2.05, 4.69) is 29.4 Å². The number of morpholine rings is 1. The van der Waals surface area contributed by atoms with E-state index >= 15 is 0 Å². The van der Waals surface area contributed by atoms with Gasteiger partial charge in [-0.25, -0.2) is 0 Å². The first kappa shape index (κ1) is 16.0. The Labute approximate surface area is 137 Å². The van der Waals surface area contributed by atoms with Crippen LogP contribution in [-0.2, 0) is 11.2 Å². The fraction of sp³-hybridized carbons (Fsp3) is 0.421. The van der Waals surface area contributed by atoms with Gasteiger partial charge in [-0.3, -0.25) is 4.98 Å². The van der Waals surface area contributed by atoms with Crippen molar-refractivity contribution < 1.29 is 9.47 Å². The summed E-state index contributed by atoms with van der Waals surface area (Å²) in [6.45, 7) is 4.55. The molecule has 1 aromatic heterocycles. The second kappa shape index (κ2) is 8.09. The Hall–Kier alpha value is -1.91. The molecule has 1 aromatic carbocycles. The van der Waals surface area contributed by atoms with E-state index in [1.54, 1.807) is 6.20 Å². The SMILES string of the molecule is CCCc1ccccc1OC(c1ccccn1)C1CNCCO1. The maximum absolute atomic E-state index is 6.40. The van der Waals surface area contributed by atoms with Gasteiger partial charge in [-0.15, -0.1) is 0 Å². The molecule has 1 aliphatic heterocycles. The van der Waals surface area contributed by atoms with Crippen molar-refractivity contribution in [3.8, 4) is 5.75 Å². The third-order valence-corrected chi connectivity index (χ3v) is 4.02. The van der Waals surface area contributed by atoms with Crippen molar-refractivity contribution in [3.63, 3.8) is 0 Å². The molecule has 0 radical (unpaired) electrons. The molecule has 0 bridgehead atoms. The van der Waals surface area contributed by atoms with Crippen molar-refractivity contribution >= 4 is 0 Å². The topological polar surface area (TPSA) is 43.4 Å². The second-order valence-electron chi connectivity index (χ2n) is 5.76. The number of rotatable bonds is 6. The standard InChI is InChI=1S/C19H24N2O2/c1-2-7-15-8-3-4-10-17(15)23-19(16-9-5-6-11-21-16)18-14-20-12-13-22-18/h3-6,8-11,18-20H,2,7,12-14H2,1H3. The Kier molecular flexibility index (Phi) is 5.61. The minimum Gasteiger partial charge on any atom is -0.481 e. The van der Waals surface area contributed by atoms with E-state index in [1.807, 2.05) is 30.3 Å². The van der Waals surface area contributed by atoms with Gasteiger partial charge in [0, 0.05) is 19.3 Å². The zero-order valence-electron chi connectivity index (χ0n) is 13.6. The van der Waals surface area contributed by atoms with Gasteiger partial charge in [-0.05, 0) is 30.2 Å². The Morgan fingerprint density at radius 1 is 1.26 bits per heavy atom. The van der Waals surface area contributed by atoms with Crippen LogP contribution in [-0.4, -0.2) is 30.8 Å². The molecule has 1 saturated heterocycles. The van der Waals surface area contributed by atoms with E-state index in [-0.39, 0.29) is 12.2 Å². The van der Waals surface area contributed by atoms with Gasteiger partial charge in [-0.2, -0.15) is 0 Å². The summed E-state index contributed by atoms with van der Waals surface area (Å²) >= 11 is 0. The lowest BCUT2D eigenvalue weighted by Gasteiger charge is -2.31. The van der Waals surface area contributed by atoms with E-state index in [4.69, 9.17) is 9.47 Å². The monoisotopic (exact) mass is 312 g/mol. The molecule has 2 atom stereocenters. The van der Waals surface area contributed by atoms with E-state index in [0.29, 0.717) is 6.61 Å². The highest BCUT2D eigenvalue weighted by Crippen LogP contribution is 2.29. The highest BCUT2D eigenvalue weighted by molar-refractivity contribution is 5.34. The van der Waals surface area contributed by atoms with Gasteiger partial charge >= 0.3 is 0 Å². The molecular weight excluding hydrogens is 288 g/mol. The van der Waals surface area contributed by atoms with Gasteiger partial charge in [0.15, 0.2) is 6.10 Å². The number of para-hydroxylation sites is 1. The summed E-state index contributed by atoms with van der Waals surface area (Å²) in [5.41, 5.74) is 2.15. The molecule has 4 heteroatoms. The van der Waals surface area contributed by atoms with E-state index in [1.165, 1.54) is 5.56 Å². The maximum atomic E-state index is 6.40. The van der Waals surface area contributed by atoms with Crippen molar-refractivity contribution in [2.45, 2.75) is 32.0 Å². The molecule has 0 amide bonds. The Morgan fingerprint density at radius 3 is 2.87 bits per heavy atom. The number of hydrogen-bond acceptors (Lipinski definition) is 4. The highest BCUT2D eigenvalue weighted by Gasteiger charge is 2.29. The summed E-state index contributed by atoms with van der Waals surface area (Å²) in [5, 5.41) is 3.38. The fourth-order valence-electron chi connectivity index (χ4n) is 2.88. The van der Waals surface area contributed by atoms with Crippen molar-refractivity contribution in [3.05, 3.63) is 59.9 Å². The van der Waals surface area contributed by atoms with Crippen LogP contribution in [0, 0.1) is 0 Å². The summed E-state index contributed by atoms with van der Waals surface area (Å²) in [7, 11) is 0. The lowest BCUT2D eigenvalue weighted by molar-refractivity contribution is -0.0449. The summed E-state index contributed by atoms with van der Waals surface area (Å²) in [6.07, 6.45) is 3.67. The normalized spacial score (nSPS) is 19.3. The van der Waals surface area contributed by atoms with Gasteiger partial charge in [0.2, 0.25) is 0 Å². The molecular formula is C19H24N2O2. The number of ether oxygens (including phenoxy) is 2. The molecule has 1 aliphatic rings. The third-order valence-electron chi connectivity index (χ3n) is 4.02. The zero-order valence-corrected chi connectivity index (χ0v) is 13.6. The van der Waals surface area contributed by atoms with Crippen LogP contribution in [0.2, 0.25) is 0 Å². The number of benzene rings is 1. The molecule has 2 aromatic rings. The number of nitrogens with zero attached hydrogens (tertiary/aromatic N) is 1. The predicted molar refractivity (Wildman–Crippen MR) is 90.7 cm³/mol. The average molecular weight is 312 g/mol. The molecule has 2 unspecified atom stereocenters. The largest absolute Gasteiger partial charge is 0.481 e. The van der Waals surface area contributed by atoms with Crippen LogP contribution in [0.25, 0.3) is 0 Å². The second-order valence-corrected chi connectivity index (χ2v) is 5.76. The average Bonchev–Trinajstić information content (AvgIpc) is 2.63. The Morgan fingerprint density at radius 2 is 2.13 bits per heavy atom. The highest BCUT2D eigenvalue weighted by atomic mass is 16.5. The van der Waals surface area contributed by atoms with Crippen LogP contribution in [0.1, 0.15) is 30.7 Å². The van der Waals surface area contributed by atoms with E-state index in [9.17, 15) is 0 Å². The van der Waals surface area contributed by atoms with Crippen LogP contribution in [0.15, 0.2) is 48.7 Å². The quantitative estimate of drug-likeness (QED) is 0.890. The summed E-state index contributed by atoms with van der Waals surface area (Å²) in [5.74, 6) is 0.930. The van der Waals surface area contributed by atoms with Crippen LogP contribution < -0.4 is 10.1 Å². The number of hydrogen-bond donors (Lipinski definition) is 1. The summed E-state index contributed by atoms with van der Waals surface area (Å²) in [6, 6.07) is 14.2. The molecule has 0 saturated carbocycles. The van der Waals surface area contributed by atoms with E-state index in [0.717, 1.165) is 37.4 Å².